The van der Waals surface area contributed by atoms with Gasteiger partial charge in [-0.3, -0.25) is 9.59 Å². The van der Waals surface area contributed by atoms with Gasteiger partial charge in [0.25, 0.3) is 0 Å². The van der Waals surface area contributed by atoms with Crippen molar-refractivity contribution in [1.82, 2.24) is 8.61 Å². The summed E-state index contributed by atoms with van der Waals surface area (Å²) in [6, 6.07) is 11.8. The molecule has 0 unspecified atom stereocenters. The van der Waals surface area contributed by atoms with Crippen LogP contribution in [0.1, 0.15) is 25.7 Å². The number of unbranched alkanes of at least 4 members (excludes halogenated alkanes) is 1. The maximum Gasteiger partial charge on any atom is 0.242 e. The van der Waals surface area contributed by atoms with Gasteiger partial charge >= 0.3 is 0 Å². The van der Waals surface area contributed by atoms with Crippen LogP contribution in [-0.4, -0.2) is 65.5 Å². The van der Waals surface area contributed by atoms with Crippen molar-refractivity contribution in [3.05, 3.63) is 48.5 Å². The van der Waals surface area contributed by atoms with Crippen LogP contribution in [0.15, 0.2) is 58.3 Å². The van der Waals surface area contributed by atoms with Gasteiger partial charge in [-0.1, -0.05) is 0 Å². The quantitative estimate of drug-likeness (QED) is 0.446. The van der Waals surface area contributed by atoms with Gasteiger partial charge in [-0.05, 0) is 61.4 Å². The maximum absolute atomic E-state index is 12.1. The van der Waals surface area contributed by atoms with Crippen LogP contribution in [0, 0.1) is 0 Å². The Hall–Kier alpha value is -2.80. The van der Waals surface area contributed by atoms with E-state index in [0.717, 1.165) is 8.61 Å². The zero-order valence-corrected chi connectivity index (χ0v) is 21.2. The number of anilines is 2. The summed E-state index contributed by atoms with van der Waals surface area (Å²) in [5.74, 6) is -0.470. The van der Waals surface area contributed by atoms with Gasteiger partial charge in [-0.2, -0.15) is 0 Å². The molecular formula is C22H30N4O6S2. The van der Waals surface area contributed by atoms with Crippen molar-refractivity contribution in [3.63, 3.8) is 0 Å². The Balaban J connectivity index is 1.75. The summed E-state index contributed by atoms with van der Waals surface area (Å²) in [5.41, 5.74) is 0.973. The largest absolute Gasteiger partial charge is 0.326 e. The lowest BCUT2D eigenvalue weighted by atomic mass is 10.1. The lowest BCUT2D eigenvalue weighted by Crippen LogP contribution is -2.22. The van der Waals surface area contributed by atoms with Crippen molar-refractivity contribution < 1.29 is 26.4 Å². The molecule has 12 heteroatoms. The third-order valence-electron chi connectivity index (χ3n) is 4.89. The lowest BCUT2D eigenvalue weighted by Gasteiger charge is -2.12. The van der Waals surface area contributed by atoms with Crippen LogP contribution in [0.5, 0.6) is 0 Å². The molecule has 2 N–H and O–H groups in total. The first-order valence-electron chi connectivity index (χ1n) is 10.5. The molecular weight excluding hydrogens is 480 g/mol. The summed E-state index contributed by atoms with van der Waals surface area (Å²) in [5, 5.41) is 5.41. The van der Waals surface area contributed by atoms with Crippen molar-refractivity contribution in [2.75, 3.05) is 38.8 Å². The number of amides is 2. The van der Waals surface area contributed by atoms with Gasteiger partial charge in [0, 0.05) is 52.4 Å². The molecule has 0 aromatic heterocycles. The minimum absolute atomic E-state index is 0.135. The number of carbonyl (C=O) groups excluding carboxylic acids is 2. The van der Waals surface area contributed by atoms with Crippen LogP contribution >= 0.6 is 0 Å². The van der Waals surface area contributed by atoms with Gasteiger partial charge in [0.2, 0.25) is 31.9 Å². The van der Waals surface area contributed by atoms with E-state index >= 15 is 0 Å². The monoisotopic (exact) mass is 510 g/mol. The van der Waals surface area contributed by atoms with Gasteiger partial charge < -0.3 is 10.6 Å². The summed E-state index contributed by atoms with van der Waals surface area (Å²) < 4.78 is 50.5. The second-order valence-corrected chi connectivity index (χ2v) is 12.2. The fraction of sp³-hybridized carbons (Fsp3) is 0.364. The average molecular weight is 511 g/mol. The third kappa shape index (κ3) is 7.35. The molecule has 0 fully saturated rings. The first-order chi connectivity index (χ1) is 15.8. The van der Waals surface area contributed by atoms with Gasteiger partial charge in [0.15, 0.2) is 0 Å². The summed E-state index contributed by atoms with van der Waals surface area (Å²) in [4.78, 5) is 24.5. The normalized spacial score (nSPS) is 12.1. The van der Waals surface area contributed by atoms with Crippen LogP contribution in [0.3, 0.4) is 0 Å². The number of benzene rings is 2. The Kier molecular flexibility index (Phi) is 9.33. The first kappa shape index (κ1) is 27.4. The fourth-order valence-electron chi connectivity index (χ4n) is 2.86. The van der Waals surface area contributed by atoms with E-state index in [1.807, 2.05) is 0 Å². The van der Waals surface area contributed by atoms with Gasteiger partial charge in [-0.15, -0.1) is 0 Å². The average Bonchev–Trinajstić information content (AvgIpc) is 2.77. The number of hydrogen-bond acceptors (Lipinski definition) is 6. The molecule has 0 aliphatic rings. The van der Waals surface area contributed by atoms with E-state index in [9.17, 15) is 26.4 Å². The Morgan fingerprint density at radius 1 is 0.618 bits per heavy atom. The van der Waals surface area contributed by atoms with Crippen molar-refractivity contribution in [2.45, 2.75) is 35.5 Å². The molecule has 2 aromatic rings. The molecule has 10 nitrogen and oxygen atoms in total. The molecule has 0 aliphatic carbocycles. The number of nitrogens with one attached hydrogen (secondary N) is 2. The Labute approximate surface area is 201 Å². The van der Waals surface area contributed by atoms with Crippen molar-refractivity contribution in [2.24, 2.45) is 0 Å². The third-order valence-corrected chi connectivity index (χ3v) is 8.55. The molecule has 0 spiro atoms. The standard InChI is InChI=1S/C22H30N4O6S2/c1-25(2)33(29,30)19-13-9-17(10-14-19)23-21(27)7-5-6-8-22(28)24-18-11-15-20(16-12-18)34(31,32)26(3)4/h9-16H,5-8H2,1-4H3,(H,23,27)(H,24,28). The van der Waals surface area contributed by atoms with E-state index in [-0.39, 0.29) is 34.4 Å². The smallest absolute Gasteiger partial charge is 0.242 e. The molecule has 186 valence electrons. The van der Waals surface area contributed by atoms with Crippen LogP contribution in [0.4, 0.5) is 11.4 Å². The van der Waals surface area contributed by atoms with E-state index in [2.05, 4.69) is 10.6 Å². The van der Waals surface area contributed by atoms with E-state index in [0.29, 0.717) is 24.2 Å². The predicted octanol–water partition coefficient (Wildman–Crippen LogP) is 2.32. The number of nitrogens with zero attached hydrogens (tertiary/aromatic N) is 2. The van der Waals surface area contributed by atoms with E-state index in [4.69, 9.17) is 0 Å². The summed E-state index contributed by atoms with van der Waals surface area (Å²) in [6.45, 7) is 0. The van der Waals surface area contributed by atoms with Crippen molar-refractivity contribution in [3.8, 4) is 0 Å². The van der Waals surface area contributed by atoms with Gasteiger partial charge in [0.05, 0.1) is 9.79 Å². The highest BCUT2D eigenvalue weighted by Crippen LogP contribution is 2.18. The Bertz CT molecular complexity index is 1110. The zero-order valence-electron chi connectivity index (χ0n) is 19.6. The second kappa shape index (κ2) is 11.6. The maximum atomic E-state index is 12.1. The zero-order chi connectivity index (χ0) is 25.5. The number of rotatable bonds is 11. The molecule has 34 heavy (non-hydrogen) atoms. The van der Waals surface area contributed by atoms with Crippen LogP contribution in [0.25, 0.3) is 0 Å². The molecule has 0 aliphatic heterocycles. The molecule has 0 saturated carbocycles. The Morgan fingerprint density at radius 3 is 1.18 bits per heavy atom. The highest BCUT2D eigenvalue weighted by atomic mass is 32.2. The number of hydrogen-bond donors (Lipinski definition) is 2. The van der Waals surface area contributed by atoms with Crippen molar-refractivity contribution >= 4 is 43.2 Å². The van der Waals surface area contributed by atoms with E-state index < -0.39 is 20.0 Å². The van der Waals surface area contributed by atoms with E-state index in [1.54, 1.807) is 0 Å². The Morgan fingerprint density at radius 2 is 0.912 bits per heavy atom. The summed E-state index contributed by atoms with van der Waals surface area (Å²) in [6.07, 6.45) is 1.41. The molecule has 0 bridgehead atoms. The van der Waals surface area contributed by atoms with E-state index in [1.165, 1.54) is 76.7 Å². The van der Waals surface area contributed by atoms with Crippen molar-refractivity contribution in [1.29, 1.82) is 0 Å². The minimum Gasteiger partial charge on any atom is -0.326 e. The molecule has 0 atom stereocenters. The lowest BCUT2D eigenvalue weighted by molar-refractivity contribution is -0.118. The fourth-order valence-corrected chi connectivity index (χ4v) is 4.66. The molecule has 0 saturated heterocycles. The van der Waals surface area contributed by atoms with Crippen LogP contribution in [0.2, 0.25) is 0 Å². The predicted molar refractivity (Wildman–Crippen MR) is 130 cm³/mol. The first-order valence-corrected chi connectivity index (χ1v) is 13.4. The highest BCUT2D eigenvalue weighted by molar-refractivity contribution is 7.89. The summed E-state index contributed by atoms with van der Waals surface area (Å²) >= 11 is 0. The molecule has 2 aromatic carbocycles. The van der Waals surface area contributed by atoms with Gasteiger partial charge in [-0.25, -0.2) is 25.4 Å². The topological polar surface area (TPSA) is 133 Å². The minimum atomic E-state index is -3.53. The SMILES string of the molecule is CN(C)S(=O)(=O)c1ccc(NC(=O)CCCCC(=O)Nc2ccc(S(=O)(=O)N(C)C)cc2)cc1. The number of carbonyl (C=O) groups is 2. The van der Waals surface area contributed by atoms with Crippen LogP contribution < -0.4 is 10.6 Å². The second-order valence-electron chi connectivity index (χ2n) is 7.93. The van der Waals surface area contributed by atoms with Crippen LogP contribution in [-0.2, 0) is 29.6 Å². The van der Waals surface area contributed by atoms with Gasteiger partial charge in [0.1, 0.15) is 0 Å². The molecule has 2 rings (SSSR count). The number of sulfonamides is 2. The summed E-state index contributed by atoms with van der Waals surface area (Å²) in [7, 11) is -1.28. The molecule has 0 radical (unpaired) electrons. The molecule has 0 heterocycles. The highest BCUT2D eigenvalue weighted by Gasteiger charge is 2.18. The molecule has 2 amide bonds.